The van der Waals surface area contributed by atoms with Gasteiger partial charge in [0.05, 0.1) is 12.2 Å². The number of hydrogen-bond donors (Lipinski definition) is 1. The predicted octanol–water partition coefficient (Wildman–Crippen LogP) is 1.57. The fourth-order valence-corrected chi connectivity index (χ4v) is 2.73. The molecular formula is C10H18O2. The third-order valence-corrected chi connectivity index (χ3v) is 3.77. The first-order valence-electron chi connectivity index (χ1n) is 4.96. The maximum atomic E-state index is 9.67. The molecule has 2 rings (SSSR count). The van der Waals surface area contributed by atoms with Crippen LogP contribution in [0.2, 0.25) is 0 Å². The summed E-state index contributed by atoms with van der Waals surface area (Å²) in [4.78, 5) is 0. The smallest absolute Gasteiger partial charge is 0.0582 e. The Morgan fingerprint density at radius 2 is 2.17 bits per heavy atom. The molecule has 12 heavy (non-hydrogen) atoms. The van der Waals surface area contributed by atoms with Crippen molar-refractivity contribution in [2.45, 2.75) is 45.3 Å². The minimum absolute atomic E-state index is 0.147. The van der Waals surface area contributed by atoms with Gasteiger partial charge in [-0.1, -0.05) is 0 Å². The lowest BCUT2D eigenvalue weighted by atomic mass is 9.81. The van der Waals surface area contributed by atoms with E-state index in [1.165, 1.54) is 12.8 Å². The molecule has 0 spiro atoms. The summed E-state index contributed by atoms with van der Waals surface area (Å²) in [5.74, 6) is 0.609. The van der Waals surface area contributed by atoms with Crippen LogP contribution in [0.25, 0.3) is 0 Å². The molecule has 1 N–H and O–H groups in total. The maximum Gasteiger partial charge on any atom is 0.0582 e. The number of ether oxygens (including phenoxy) is 1. The molecule has 2 aliphatic rings. The van der Waals surface area contributed by atoms with Crippen LogP contribution in [-0.2, 0) is 4.74 Å². The first-order chi connectivity index (χ1) is 5.67. The van der Waals surface area contributed by atoms with Gasteiger partial charge in [-0.05, 0) is 39.0 Å². The molecule has 3 unspecified atom stereocenters. The Morgan fingerprint density at radius 1 is 1.50 bits per heavy atom. The van der Waals surface area contributed by atoms with E-state index in [-0.39, 0.29) is 11.5 Å². The Morgan fingerprint density at radius 3 is 2.50 bits per heavy atom. The molecule has 1 aliphatic heterocycles. The van der Waals surface area contributed by atoms with Crippen molar-refractivity contribution in [1.82, 2.24) is 0 Å². The summed E-state index contributed by atoms with van der Waals surface area (Å²) in [7, 11) is 0. The van der Waals surface area contributed by atoms with Gasteiger partial charge in [-0.25, -0.2) is 0 Å². The minimum Gasteiger partial charge on any atom is -0.393 e. The van der Waals surface area contributed by atoms with E-state index >= 15 is 0 Å². The Labute approximate surface area is 73.9 Å². The lowest BCUT2D eigenvalue weighted by Crippen LogP contribution is -2.31. The zero-order valence-corrected chi connectivity index (χ0v) is 7.92. The van der Waals surface area contributed by atoms with Crippen LogP contribution in [0.1, 0.15) is 33.1 Å². The fraction of sp³-hybridized carbons (Fsp3) is 1.00. The maximum absolute atomic E-state index is 9.67. The fourth-order valence-electron chi connectivity index (χ4n) is 2.73. The Kier molecular flexibility index (Phi) is 1.92. The zero-order chi connectivity index (χ0) is 8.77. The number of rotatable bonds is 2. The standard InChI is InChI=1S/C10H18O2/c1-7-9(3-6-12-7)10(4-5-10)8(2)11/h7-9,11H,3-6H2,1-2H3. The average molecular weight is 170 g/mol. The van der Waals surface area contributed by atoms with Gasteiger partial charge in [0, 0.05) is 12.0 Å². The van der Waals surface area contributed by atoms with Gasteiger partial charge in [-0.2, -0.15) is 0 Å². The van der Waals surface area contributed by atoms with Crippen molar-refractivity contribution in [2.24, 2.45) is 11.3 Å². The molecular weight excluding hydrogens is 152 g/mol. The zero-order valence-electron chi connectivity index (χ0n) is 7.92. The SMILES string of the molecule is CC1OCCC1C1(C(C)O)CC1. The van der Waals surface area contributed by atoms with Gasteiger partial charge < -0.3 is 9.84 Å². The summed E-state index contributed by atoms with van der Waals surface area (Å²) in [6, 6.07) is 0. The van der Waals surface area contributed by atoms with E-state index in [1.54, 1.807) is 0 Å². The minimum atomic E-state index is -0.147. The van der Waals surface area contributed by atoms with Gasteiger partial charge in [-0.15, -0.1) is 0 Å². The van der Waals surface area contributed by atoms with E-state index in [0.717, 1.165) is 13.0 Å². The van der Waals surface area contributed by atoms with Crippen molar-refractivity contribution in [3.8, 4) is 0 Å². The lowest BCUT2D eigenvalue weighted by molar-refractivity contribution is 0.0278. The van der Waals surface area contributed by atoms with Crippen molar-refractivity contribution < 1.29 is 9.84 Å². The van der Waals surface area contributed by atoms with Crippen molar-refractivity contribution in [2.75, 3.05) is 6.61 Å². The summed E-state index contributed by atoms with van der Waals surface area (Å²) >= 11 is 0. The molecule has 0 aromatic rings. The summed E-state index contributed by atoms with van der Waals surface area (Å²) in [5, 5.41) is 9.67. The first-order valence-corrected chi connectivity index (χ1v) is 4.96. The molecule has 0 radical (unpaired) electrons. The molecule has 0 amide bonds. The van der Waals surface area contributed by atoms with Crippen LogP contribution in [0.15, 0.2) is 0 Å². The summed E-state index contributed by atoms with van der Waals surface area (Å²) in [5.41, 5.74) is 0.232. The van der Waals surface area contributed by atoms with Crippen LogP contribution in [0.5, 0.6) is 0 Å². The van der Waals surface area contributed by atoms with Crippen molar-refractivity contribution in [1.29, 1.82) is 0 Å². The van der Waals surface area contributed by atoms with E-state index in [4.69, 9.17) is 4.74 Å². The van der Waals surface area contributed by atoms with Gasteiger partial charge in [-0.3, -0.25) is 0 Å². The molecule has 1 saturated heterocycles. The van der Waals surface area contributed by atoms with E-state index in [2.05, 4.69) is 6.92 Å². The first kappa shape index (κ1) is 8.52. The van der Waals surface area contributed by atoms with Crippen LogP contribution in [0.4, 0.5) is 0 Å². The van der Waals surface area contributed by atoms with E-state index < -0.39 is 0 Å². The highest BCUT2D eigenvalue weighted by molar-refractivity contribution is 5.04. The number of aliphatic hydroxyl groups is 1. The molecule has 1 heterocycles. The van der Waals surface area contributed by atoms with Crippen LogP contribution < -0.4 is 0 Å². The number of aliphatic hydroxyl groups excluding tert-OH is 1. The third-order valence-electron chi connectivity index (χ3n) is 3.77. The van der Waals surface area contributed by atoms with Crippen LogP contribution >= 0.6 is 0 Å². The number of hydrogen-bond acceptors (Lipinski definition) is 2. The Bertz CT molecular complexity index is 173. The highest BCUT2D eigenvalue weighted by Gasteiger charge is 2.55. The molecule has 1 saturated carbocycles. The van der Waals surface area contributed by atoms with Gasteiger partial charge in [0.15, 0.2) is 0 Å². The molecule has 0 aromatic heterocycles. The molecule has 2 fully saturated rings. The van der Waals surface area contributed by atoms with Gasteiger partial charge >= 0.3 is 0 Å². The second-order valence-electron chi connectivity index (χ2n) is 4.38. The van der Waals surface area contributed by atoms with Crippen LogP contribution in [0, 0.1) is 11.3 Å². The molecule has 0 aromatic carbocycles. The van der Waals surface area contributed by atoms with Gasteiger partial charge in [0.1, 0.15) is 0 Å². The Hall–Kier alpha value is -0.0800. The monoisotopic (exact) mass is 170 g/mol. The molecule has 70 valence electrons. The summed E-state index contributed by atoms with van der Waals surface area (Å²) in [6.45, 7) is 4.96. The Balaban J connectivity index is 2.08. The quantitative estimate of drug-likeness (QED) is 0.681. The van der Waals surface area contributed by atoms with Crippen LogP contribution in [-0.4, -0.2) is 23.9 Å². The largest absolute Gasteiger partial charge is 0.393 e. The van der Waals surface area contributed by atoms with Gasteiger partial charge in [0.2, 0.25) is 0 Å². The molecule has 2 nitrogen and oxygen atoms in total. The van der Waals surface area contributed by atoms with E-state index in [0.29, 0.717) is 12.0 Å². The molecule has 3 atom stereocenters. The van der Waals surface area contributed by atoms with E-state index in [1.807, 2.05) is 6.92 Å². The van der Waals surface area contributed by atoms with Gasteiger partial charge in [0.25, 0.3) is 0 Å². The lowest BCUT2D eigenvalue weighted by Gasteiger charge is -2.27. The normalized spacial score (nSPS) is 41.2. The highest BCUT2D eigenvalue weighted by Crippen LogP contribution is 2.58. The summed E-state index contributed by atoms with van der Waals surface area (Å²) < 4.78 is 5.53. The third kappa shape index (κ3) is 1.09. The van der Waals surface area contributed by atoms with E-state index in [9.17, 15) is 5.11 Å². The van der Waals surface area contributed by atoms with Crippen molar-refractivity contribution >= 4 is 0 Å². The second-order valence-corrected chi connectivity index (χ2v) is 4.38. The topological polar surface area (TPSA) is 29.5 Å². The van der Waals surface area contributed by atoms with Crippen LogP contribution in [0.3, 0.4) is 0 Å². The highest BCUT2D eigenvalue weighted by atomic mass is 16.5. The summed E-state index contributed by atoms with van der Waals surface area (Å²) in [6.07, 6.45) is 3.76. The predicted molar refractivity (Wildman–Crippen MR) is 46.9 cm³/mol. The van der Waals surface area contributed by atoms with Crippen molar-refractivity contribution in [3.63, 3.8) is 0 Å². The molecule has 0 bridgehead atoms. The molecule has 1 aliphatic carbocycles. The second kappa shape index (κ2) is 2.71. The average Bonchev–Trinajstić information content (AvgIpc) is 2.71. The van der Waals surface area contributed by atoms with Crippen molar-refractivity contribution in [3.05, 3.63) is 0 Å². The molecule has 2 heteroatoms.